The molecule has 4 heteroatoms. The van der Waals surface area contributed by atoms with Gasteiger partial charge in [0.05, 0.1) is 5.52 Å². The molecule has 2 aliphatic rings. The summed E-state index contributed by atoms with van der Waals surface area (Å²) in [5.41, 5.74) is 1.10. The number of hydrogen-bond donors (Lipinski definition) is 0. The Kier molecular flexibility index (Phi) is 3.28. The lowest BCUT2D eigenvalue weighted by atomic mass is 10.1. The lowest BCUT2D eigenvalue weighted by Gasteiger charge is -2.47. The van der Waals surface area contributed by atoms with Gasteiger partial charge in [-0.15, -0.1) is 0 Å². The van der Waals surface area contributed by atoms with E-state index in [0.717, 1.165) is 30.5 Å². The molecule has 0 spiro atoms. The summed E-state index contributed by atoms with van der Waals surface area (Å²) in [6.07, 6.45) is 0. The largest absolute Gasteiger partial charge is 0.353 e. The first-order valence-electron chi connectivity index (χ1n) is 7.33. The molecule has 1 aromatic carbocycles. The molecule has 2 saturated heterocycles. The third-order valence-electron chi connectivity index (χ3n) is 4.33. The molecule has 4 rings (SSSR count). The van der Waals surface area contributed by atoms with Gasteiger partial charge in [0, 0.05) is 49.1 Å². The molecule has 0 amide bonds. The van der Waals surface area contributed by atoms with Crippen LogP contribution in [0.2, 0.25) is 0 Å². The highest BCUT2D eigenvalue weighted by molar-refractivity contribution is 7.99. The molecule has 0 atom stereocenters. The van der Waals surface area contributed by atoms with Crippen molar-refractivity contribution in [1.29, 1.82) is 0 Å². The Morgan fingerprint density at radius 3 is 2.65 bits per heavy atom. The van der Waals surface area contributed by atoms with Gasteiger partial charge in [0.2, 0.25) is 0 Å². The minimum atomic E-state index is 0.740. The highest BCUT2D eigenvalue weighted by Gasteiger charge is 2.33. The molecular weight excluding hydrogens is 266 g/mol. The van der Waals surface area contributed by atoms with Gasteiger partial charge in [0.25, 0.3) is 0 Å². The maximum absolute atomic E-state index is 4.78. The van der Waals surface area contributed by atoms with Gasteiger partial charge in [-0.2, -0.15) is 11.8 Å². The number of nitrogens with zero attached hydrogens (tertiary/aromatic N) is 3. The molecule has 2 aliphatic heterocycles. The van der Waals surface area contributed by atoms with Crippen molar-refractivity contribution in [2.45, 2.75) is 6.04 Å². The Labute approximate surface area is 124 Å². The fraction of sp³-hybridized carbons (Fsp3) is 0.438. The van der Waals surface area contributed by atoms with E-state index in [1.165, 1.54) is 30.0 Å². The number of pyridine rings is 1. The van der Waals surface area contributed by atoms with E-state index in [-0.39, 0.29) is 0 Å². The molecule has 3 heterocycles. The molecule has 2 aromatic rings. The zero-order chi connectivity index (χ0) is 13.4. The summed E-state index contributed by atoms with van der Waals surface area (Å²) in [6.45, 7) is 4.79. The first-order valence-corrected chi connectivity index (χ1v) is 8.48. The number of rotatable bonds is 2. The Morgan fingerprint density at radius 1 is 1.00 bits per heavy atom. The third-order valence-corrected chi connectivity index (χ3v) is 5.27. The Balaban J connectivity index is 1.46. The molecule has 0 radical (unpaired) electrons. The minimum absolute atomic E-state index is 0.740. The molecular formula is C16H19N3S. The van der Waals surface area contributed by atoms with Crippen LogP contribution >= 0.6 is 11.8 Å². The average Bonchev–Trinajstić information content (AvgIpc) is 2.47. The Bertz CT molecular complexity index is 603. The lowest BCUT2D eigenvalue weighted by Crippen LogP contribution is -2.61. The van der Waals surface area contributed by atoms with Crippen LogP contribution in [0.25, 0.3) is 10.9 Å². The number of benzene rings is 1. The van der Waals surface area contributed by atoms with Crippen LogP contribution in [-0.4, -0.2) is 53.6 Å². The van der Waals surface area contributed by atoms with Crippen molar-refractivity contribution in [3.8, 4) is 0 Å². The molecule has 0 aliphatic carbocycles. The predicted molar refractivity (Wildman–Crippen MR) is 86.6 cm³/mol. The zero-order valence-corrected chi connectivity index (χ0v) is 12.4. The highest BCUT2D eigenvalue weighted by atomic mass is 32.2. The van der Waals surface area contributed by atoms with Crippen molar-refractivity contribution in [1.82, 2.24) is 9.88 Å². The van der Waals surface area contributed by atoms with Crippen molar-refractivity contribution in [2.24, 2.45) is 0 Å². The third kappa shape index (κ3) is 2.27. The van der Waals surface area contributed by atoms with Crippen LogP contribution in [-0.2, 0) is 0 Å². The second-order valence-electron chi connectivity index (χ2n) is 5.57. The highest BCUT2D eigenvalue weighted by Crippen LogP contribution is 2.25. The summed E-state index contributed by atoms with van der Waals surface area (Å²) in [7, 11) is 0. The van der Waals surface area contributed by atoms with Crippen LogP contribution in [0.3, 0.4) is 0 Å². The topological polar surface area (TPSA) is 19.4 Å². The van der Waals surface area contributed by atoms with Gasteiger partial charge in [-0.1, -0.05) is 18.2 Å². The van der Waals surface area contributed by atoms with Gasteiger partial charge >= 0.3 is 0 Å². The van der Waals surface area contributed by atoms with Gasteiger partial charge in [0.15, 0.2) is 0 Å². The first kappa shape index (κ1) is 12.5. The van der Waals surface area contributed by atoms with E-state index in [4.69, 9.17) is 4.98 Å². The zero-order valence-electron chi connectivity index (χ0n) is 11.5. The van der Waals surface area contributed by atoms with Crippen molar-refractivity contribution in [3.63, 3.8) is 0 Å². The average molecular weight is 285 g/mol. The van der Waals surface area contributed by atoms with Crippen LogP contribution in [0, 0.1) is 0 Å². The molecule has 1 aromatic heterocycles. The van der Waals surface area contributed by atoms with Crippen LogP contribution in [0.4, 0.5) is 5.82 Å². The van der Waals surface area contributed by atoms with Gasteiger partial charge in [-0.3, -0.25) is 4.90 Å². The van der Waals surface area contributed by atoms with Crippen molar-refractivity contribution in [3.05, 3.63) is 36.4 Å². The second kappa shape index (κ2) is 5.26. The van der Waals surface area contributed by atoms with E-state index in [2.05, 4.69) is 58.0 Å². The molecule has 0 saturated carbocycles. The number of thioether (sulfide) groups is 1. The number of fused-ring (bicyclic) bond motifs is 1. The molecule has 104 valence electrons. The van der Waals surface area contributed by atoms with E-state index >= 15 is 0 Å². The molecule has 3 nitrogen and oxygen atoms in total. The van der Waals surface area contributed by atoms with Crippen LogP contribution in [0.5, 0.6) is 0 Å². The summed E-state index contributed by atoms with van der Waals surface area (Å²) in [6, 6.07) is 13.4. The molecule has 0 bridgehead atoms. The van der Waals surface area contributed by atoms with Crippen LogP contribution in [0.15, 0.2) is 36.4 Å². The van der Waals surface area contributed by atoms with Crippen molar-refractivity contribution in [2.75, 3.05) is 42.6 Å². The maximum Gasteiger partial charge on any atom is 0.129 e. The molecule has 0 unspecified atom stereocenters. The number of para-hydroxylation sites is 1. The Morgan fingerprint density at radius 2 is 1.80 bits per heavy atom. The van der Waals surface area contributed by atoms with Crippen molar-refractivity contribution < 1.29 is 0 Å². The van der Waals surface area contributed by atoms with Crippen LogP contribution in [0.1, 0.15) is 0 Å². The smallest absolute Gasteiger partial charge is 0.129 e. The fourth-order valence-electron chi connectivity index (χ4n) is 3.05. The van der Waals surface area contributed by atoms with Crippen LogP contribution < -0.4 is 4.90 Å². The van der Waals surface area contributed by atoms with Gasteiger partial charge in [-0.05, 0) is 18.2 Å². The molecule has 20 heavy (non-hydrogen) atoms. The number of anilines is 1. The van der Waals surface area contributed by atoms with E-state index in [1.807, 2.05) is 0 Å². The van der Waals surface area contributed by atoms with Gasteiger partial charge in [-0.25, -0.2) is 4.98 Å². The van der Waals surface area contributed by atoms with E-state index in [1.54, 1.807) is 0 Å². The summed E-state index contributed by atoms with van der Waals surface area (Å²) in [4.78, 5) is 9.83. The predicted octanol–water partition coefficient (Wildman–Crippen LogP) is 2.47. The van der Waals surface area contributed by atoms with E-state index in [9.17, 15) is 0 Å². The SMILES string of the molecule is c1ccc2nc(N3CC(N4CCSCC4)C3)ccc2c1. The minimum Gasteiger partial charge on any atom is -0.353 e. The van der Waals surface area contributed by atoms with E-state index < -0.39 is 0 Å². The number of hydrogen-bond acceptors (Lipinski definition) is 4. The second-order valence-corrected chi connectivity index (χ2v) is 6.79. The molecule has 2 fully saturated rings. The summed E-state index contributed by atoms with van der Waals surface area (Å²) >= 11 is 2.08. The van der Waals surface area contributed by atoms with E-state index in [0.29, 0.717) is 0 Å². The number of aromatic nitrogens is 1. The molecule has 0 N–H and O–H groups in total. The summed E-state index contributed by atoms with van der Waals surface area (Å²) < 4.78 is 0. The Hall–Kier alpha value is -1.26. The summed E-state index contributed by atoms with van der Waals surface area (Å²) in [5, 5.41) is 1.22. The lowest BCUT2D eigenvalue weighted by molar-refractivity contribution is 0.182. The standard InChI is InChI=1S/C16H19N3S/c1-2-4-15-13(3-1)5-6-16(17-15)19-11-14(12-19)18-7-9-20-10-8-18/h1-6,14H,7-12H2. The monoisotopic (exact) mass is 285 g/mol. The maximum atomic E-state index is 4.78. The summed E-state index contributed by atoms with van der Waals surface area (Å²) in [5.74, 6) is 3.72. The van der Waals surface area contributed by atoms with Gasteiger partial charge < -0.3 is 4.90 Å². The van der Waals surface area contributed by atoms with Crippen molar-refractivity contribution >= 4 is 28.5 Å². The normalized spacial score (nSPS) is 21.1. The van der Waals surface area contributed by atoms with Gasteiger partial charge in [0.1, 0.15) is 5.82 Å². The quantitative estimate of drug-likeness (QED) is 0.844. The fourth-order valence-corrected chi connectivity index (χ4v) is 3.98. The first-order chi connectivity index (χ1) is 9.90.